The molecular weight excluding hydrogens is 370 g/mol. The van der Waals surface area contributed by atoms with E-state index in [1.165, 1.54) is 39.2 Å². The summed E-state index contributed by atoms with van der Waals surface area (Å²) in [5.41, 5.74) is 3.21. The zero-order valence-electron chi connectivity index (χ0n) is 19.5. The molecule has 8 heteroatoms. The highest BCUT2D eigenvalue weighted by Gasteiger charge is 2.15. The molecule has 0 radical (unpaired) electrons. The Hall–Kier alpha value is -2.09. The molecule has 1 aromatic heterocycles. The van der Waals surface area contributed by atoms with Gasteiger partial charge in [-0.1, -0.05) is 33.1 Å². The highest BCUT2D eigenvalue weighted by Crippen LogP contribution is 2.25. The van der Waals surface area contributed by atoms with Gasteiger partial charge in [0.25, 0.3) is 0 Å². The molecule has 0 aliphatic heterocycles. The van der Waals surface area contributed by atoms with Gasteiger partial charge >= 0.3 is 6.09 Å². The van der Waals surface area contributed by atoms with E-state index in [9.17, 15) is 4.79 Å². The standard InChI is InChI=1S/C13H22N4O.C6H13NO2.C2H6/c1-10-14-9-12(17-18-2)13(16-10)15-8-11-6-4-3-5-7-11;1-6(2,3)9-5(8)7-4;1-2/h9,11,17H,3-8H2,1-2H3,(H,14,15,16);1-4H3,(H,7,8);1-2H3. The van der Waals surface area contributed by atoms with Gasteiger partial charge in [0.1, 0.15) is 17.1 Å². The van der Waals surface area contributed by atoms with Crippen molar-refractivity contribution in [2.24, 2.45) is 5.92 Å². The maximum absolute atomic E-state index is 10.5. The number of alkyl carbamates (subject to hydrolysis) is 1. The fourth-order valence-electron chi connectivity index (χ4n) is 2.75. The monoisotopic (exact) mass is 411 g/mol. The van der Waals surface area contributed by atoms with Gasteiger partial charge < -0.3 is 15.4 Å². The van der Waals surface area contributed by atoms with Crippen molar-refractivity contribution in [1.82, 2.24) is 15.3 Å². The van der Waals surface area contributed by atoms with Crippen molar-refractivity contribution in [2.45, 2.75) is 79.2 Å². The zero-order chi connectivity index (χ0) is 22.3. The third-order valence-corrected chi connectivity index (χ3v) is 4.01. The van der Waals surface area contributed by atoms with E-state index < -0.39 is 0 Å². The van der Waals surface area contributed by atoms with Crippen molar-refractivity contribution in [3.63, 3.8) is 0 Å². The molecule has 1 amide bonds. The second-order valence-corrected chi connectivity index (χ2v) is 7.62. The van der Waals surface area contributed by atoms with Crippen molar-refractivity contribution in [3.8, 4) is 0 Å². The topological polar surface area (TPSA) is 97.4 Å². The van der Waals surface area contributed by atoms with Gasteiger partial charge in [-0.15, -0.1) is 0 Å². The zero-order valence-corrected chi connectivity index (χ0v) is 19.5. The van der Waals surface area contributed by atoms with Crippen LogP contribution in [0.25, 0.3) is 0 Å². The van der Waals surface area contributed by atoms with E-state index in [-0.39, 0.29) is 11.7 Å². The molecule has 168 valence electrons. The fourth-order valence-corrected chi connectivity index (χ4v) is 2.75. The minimum atomic E-state index is -0.389. The van der Waals surface area contributed by atoms with Gasteiger partial charge in [-0.25, -0.2) is 14.8 Å². The van der Waals surface area contributed by atoms with Crippen molar-refractivity contribution in [3.05, 3.63) is 12.0 Å². The second-order valence-electron chi connectivity index (χ2n) is 7.62. The number of nitrogens with zero attached hydrogens (tertiary/aromatic N) is 2. The molecule has 3 N–H and O–H groups in total. The van der Waals surface area contributed by atoms with Gasteiger partial charge in [-0.2, -0.15) is 0 Å². The number of nitrogens with one attached hydrogen (secondary N) is 3. The number of amides is 1. The molecule has 0 unspecified atom stereocenters. The lowest BCUT2D eigenvalue weighted by atomic mass is 9.89. The Morgan fingerprint density at radius 2 is 1.83 bits per heavy atom. The first-order valence-electron chi connectivity index (χ1n) is 10.5. The van der Waals surface area contributed by atoms with Crippen molar-refractivity contribution >= 4 is 17.6 Å². The van der Waals surface area contributed by atoms with Crippen LogP contribution in [0.5, 0.6) is 0 Å². The number of anilines is 2. The summed E-state index contributed by atoms with van der Waals surface area (Å²) in [6, 6.07) is 0. The largest absolute Gasteiger partial charge is 0.444 e. The van der Waals surface area contributed by atoms with Crippen molar-refractivity contribution in [1.29, 1.82) is 0 Å². The Morgan fingerprint density at radius 1 is 1.21 bits per heavy atom. The summed E-state index contributed by atoms with van der Waals surface area (Å²) >= 11 is 0. The third-order valence-electron chi connectivity index (χ3n) is 4.01. The average molecular weight is 412 g/mol. The molecule has 0 bridgehead atoms. The molecule has 1 fully saturated rings. The lowest BCUT2D eigenvalue weighted by Crippen LogP contribution is -2.30. The summed E-state index contributed by atoms with van der Waals surface area (Å²) in [5.74, 6) is 2.36. The molecule has 1 aromatic rings. The van der Waals surface area contributed by atoms with Crippen LogP contribution < -0.4 is 16.1 Å². The number of hydrogen-bond donors (Lipinski definition) is 3. The van der Waals surface area contributed by atoms with Crippen LogP contribution in [0, 0.1) is 12.8 Å². The lowest BCUT2D eigenvalue weighted by Gasteiger charge is -2.22. The average Bonchev–Trinajstić information content (AvgIpc) is 2.70. The minimum Gasteiger partial charge on any atom is -0.444 e. The van der Waals surface area contributed by atoms with Crippen LogP contribution in [-0.2, 0) is 9.57 Å². The summed E-state index contributed by atoms with van der Waals surface area (Å²) in [7, 11) is 3.12. The van der Waals surface area contributed by atoms with Crippen LogP contribution in [0.4, 0.5) is 16.3 Å². The fraction of sp³-hybridized carbons (Fsp3) is 0.762. The first-order chi connectivity index (χ1) is 13.7. The highest BCUT2D eigenvalue weighted by molar-refractivity contribution is 5.67. The first kappa shape index (κ1) is 26.9. The van der Waals surface area contributed by atoms with Gasteiger partial charge in [0, 0.05) is 13.6 Å². The van der Waals surface area contributed by atoms with E-state index >= 15 is 0 Å². The Kier molecular flexibility index (Phi) is 13.8. The molecule has 1 aliphatic carbocycles. The highest BCUT2D eigenvalue weighted by atomic mass is 16.6. The number of ether oxygens (including phenoxy) is 1. The molecule has 0 spiro atoms. The summed E-state index contributed by atoms with van der Waals surface area (Å²) < 4.78 is 4.84. The Balaban J connectivity index is 0.000000606. The van der Waals surface area contributed by atoms with Crippen LogP contribution in [0.3, 0.4) is 0 Å². The van der Waals surface area contributed by atoms with Crippen molar-refractivity contribution < 1.29 is 14.4 Å². The molecule has 2 rings (SSSR count). The Morgan fingerprint density at radius 3 is 2.31 bits per heavy atom. The molecule has 8 nitrogen and oxygen atoms in total. The van der Waals surface area contributed by atoms with Gasteiger partial charge in [-0.3, -0.25) is 10.3 Å². The van der Waals surface area contributed by atoms with Crippen LogP contribution in [-0.4, -0.2) is 42.4 Å². The molecule has 0 atom stereocenters. The van der Waals surface area contributed by atoms with Crippen LogP contribution in [0.2, 0.25) is 0 Å². The maximum Gasteiger partial charge on any atom is 0.407 e. The number of rotatable bonds is 5. The van der Waals surface area contributed by atoms with E-state index in [1.54, 1.807) is 13.3 Å². The SMILES string of the molecule is CC.CNC(=O)OC(C)(C)C.CONc1cnc(C)nc1NCC1CCCCC1. The summed E-state index contributed by atoms with van der Waals surface area (Å²) in [4.78, 5) is 24.0. The quantitative estimate of drug-likeness (QED) is 0.592. The molecule has 1 heterocycles. The lowest BCUT2D eigenvalue weighted by molar-refractivity contribution is 0.0541. The smallest absolute Gasteiger partial charge is 0.407 e. The molecule has 29 heavy (non-hydrogen) atoms. The summed E-state index contributed by atoms with van der Waals surface area (Å²) in [6.45, 7) is 12.3. The minimum absolute atomic E-state index is 0.387. The summed E-state index contributed by atoms with van der Waals surface area (Å²) in [5, 5.41) is 5.78. The maximum atomic E-state index is 10.5. The first-order valence-corrected chi connectivity index (χ1v) is 10.5. The van der Waals surface area contributed by atoms with Crippen LogP contribution in [0.15, 0.2) is 6.20 Å². The number of aryl methyl sites for hydroxylation is 1. The molecule has 1 saturated carbocycles. The van der Waals surface area contributed by atoms with E-state index in [1.807, 2.05) is 41.5 Å². The molecular formula is C21H41N5O3. The van der Waals surface area contributed by atoms with E-state index in [0.29, 0.717) is 0 Å². The van der Waals surface area contributed by atoms with Crippen molar-refractivity contribution in [2.75, 3.05) is 31.5 Å². The predicted octanol–water partition coefficient (Wildman–Crippen LogP) is 4.92. The molecule has 0 aromatic carbocycles. The Labute approximate surface area is 176 Å². The van der Waals surface area contributed by atoms with Crippen LogP contribution in [0.1, 0.15) is 72.5 Å². The molecule has 0 saturated heterocycles. The van der Waals surface area contributed by atoms with Gasteiger partial charge in [0.15, 0.2) is 5.82 Å². The normalized spacial score (nSPS) is 13.8. The number of hydrogen-bond acceptors (Lipinski definition) is 7. The number of aromatic nitrogens is 2. The van der Waals surface area contributed by atoms with E-state index in [0.717, 1.165) is 29.8 Å². The Bertz CT molecular complexity index is 570. The summed E-state index contributed by atoms with van der Waals surface area (Å²) in [6.07, 6.45) is 8.11. The number of carbonyl (C=O) groups is 1. The predicted molar refractivity (Wildman–Crippen MR) is 119 cm³/mol. The van der Waals surface area contributed by atoms with E-state index in [2.05, 4.69) is 26.1 Å². The van der Waals surface area contributed by atoms with Crippen LogP contribution >= 0.6 is 0 Å². The van der Waals surface area contributed by atoms with Gasteiger partial charge in [0.05, 0.1) is 13.3 Å². The number of carbonyl (C=O) groups excluding carboxylic acids is 1. The van der Waals surface area contributed by atoms with E-state index in [4.69, 9.17) is 9.57 Å². The second kappa shape index (κ2) is 14.8. The third kappa shape index (κ3) is 12.9. The molecule has 1 aliphatic rings. The van der Waals surface area contributed by atoms with Gasteiger partial charge in [0.2, 0.25) is 0 Å². The van der Waals surface area contributed by atoms with Gasteiger partial charge in [-0.05, 0) is 46.5 Å².